The van der Waals surface area contributed by atoms with Crippen molar-refractivity contribution >= 4 is 57.1 Å². The molecule has 0 aromatic heterocycles. The predicted octanol–water partition coefficient (Wildman–Crippen LogP) is 3.78. The Morgan fingerprint density at radius 2 is 1.92 bits per heavy atom. The summed E-state index contributed by atoms with van der Waals surface area (Å²) in [7, 11) is 1.53. The average molecular weight is 436 g/mol. The van der Waals surface area contributed by atoms with E-state index in [0.717, 1.165) is 4.90 Å². The van der Waals surface area contributed by atoms with E-state index in [2.05, 4.69) is 21.2 Å². The minimum atomic E-state index is -0.824. The van der Waals surface area contributed by atoms with Gasteiger partial charge in [0.05, 0.1) is 17.3 Å². The van der Waals surface area contributed by atoms with Gasteiger partial charge in [0.25, 0.3) is 11.8 Å². The van der Waals surface area contributed by atoms with Crippen LogP contribution in [0, 0.1) is 0 Å². The summed E-state index contributed by atoms with van der Waals surface area (Å²) in [6.07, 6.45) is 1.41. The van der Waals surface area contributed by atoms with Crippen molar-refractivity contribution in [2.45, 2.75) is 0 Å². The second-order valence-electron chi connectivity index (χ2n) is 5.33. The molecule has 6 nitrogen and oxygen atoms in total. The first-order valence-electron chi connectivity index (χ1n) is 7.41. The van der Waals surface area contributed by atoms with E-state index in [1.54, 1.807) is 36.4 Å². The summed E-state index contributed by atoms with van der Waals surface area (Å²) >= 11 is 9.28. The summed E-state index contributed by atoms with van der Waals surface area (Å²) in [6, 6.07) is 10.5. The molecule has 0 aliphatic carbocycles. The van der Waals surface area contributed by atoms with Gasteiger partial charge in [-0.2, -0.15) is 0 Å². The number of hydrogen-bond acceptors (Lipinski definition) is 4. The Morgan fingerprint density at radius 3 is 2.58 bits per heavy atom. The highest BCUT2D eigenvalue weighted by atomic mass is 79.9. The van der Waals surface area contributed by atoms with Crippen molar-refractivity contribution < 1.29 is 19.1 Å². The molecule has 0 bridgehead atoms. The number of hydrogen-bond donors (Lipinski definition) is 1. The van der Waals surface area contributed by atoms with Gasteiger partial charge < -0.3 is 4.74 Å². The molecule has 1 heterocycles. The Balaban J connectivity index is 2.01. The van der Waals surface area contributed by atoms with Gasteiger partial charge in [-0.1, -0.05) is 23.7 Å². The molecule has 1 N–H and O–H groups in total. The largest absolute Gasteiger partial charge is 0.496 e. The predicted molar refractivity (Wildman–Crippen MR) is 101 cm³/mol. The smallest absolute Gasteiger partial charge is 0.335 e. The second-order valence-corrected chi connectivity index (χ2v) is 6.62. The SMILES string of the molecule is COc1ccc(/C=C2\C(=O)NC(=O)N(c3cccc(Cl)c3)C2=O)cc1Br. The van der Waals surface area contributed by atoms with Gasteiger partial charge in [0.1, 0.15) is 11.3 Å². The quantitative estimate of drug-likeness (QED) is 0.588. The third-order valence-corrected chi connectivity index (χ3v) is 4.51. The number of amides is 4. The van der Waals surface area contributed by atoms with Crippen LogP contribution in [-0.2, 0) is 9.59 Å². The number of ether oxygens (including phenoxy) is 1. The zero-order chi connectivity index (χ0) is 18.8. The lowest BCUT2D eigenvalue weighted by Crippen LogP contribution is -2.54. The standard InChI is InChI=1S/C18H12BrClN2O4/c1-26-15-6-5-10(8-14(15)19)7-13-16(23)21-18(25)22(17(13)24)12-4-2-3-11(20)9-12/h2-9H,1H3,(H,21,23,25)/b13-7+. The Kier molecular flexibility index (Phi) is 5.11. The molecule has 0 unspecified atom stereocenters. The lowest BCUT2D eigenvalue weighted by Gasteiger charge is -2.26. The molecule has 0 saturated carbocycles. The molecule has 4 amide bonds. The van der Waals surface area contributed by atoms with E-state index >= 15 is 0 Å². The molecule has 1 aliphatic heterocycles. The number of benzene rings is 2. The molecule has 1 saturated heterocycles. The minimum Gasteiger partial charge on any atom is -0.496 e. The van der Waals surface area contributed by atoms with Crippen LogP contribution in [0.3, 0.4) is 0 Å². The van der Waals surface area contributed by atoms with Crippen LogP contribution in [-0.4, -0.2) is 25.0 Å². The summed E-state index contributed by atoms with van der Waals surface area (Å²) < 4.78 is 5.82. The zero-order valence-electron chi connectivity index (χ0n) is 13.5. The fraction of sp³-hybridized carbons (Fsp3) is 0.0556. The molecule has 1 aliphatic rings. The monoisotopic (exact) mass is 434 g/mol. The maximum Gasteiger partial charge on any atom is 0.335 e. The third kappa shape index (κ3) is 3.49. The molecule has 0 spiro atoms. The van der Waals surface area contributed by atoms with Crippen LogP contribution in [0.4, 0.5) is 10.5 Å². The average Bonchev–Trinajstić information content (AvgIpc) is 2.58. The first-order valence-corrected chi connectivity index (χ1v) is 8.58. The van der Waals surface area contributed by atoms with Crippen molar-refractivity contribution in [2.75, 3.05) is 12.0 Å². The molecule has 0 radical (unpaired) electrons. The van der Waals surface area contributed by atoms with Gasteiger partial charge in [-0.05, 0) is 57.9 Å². The number of nitrogens with one attached hydrogen (secondary N) is 1. The molecule has 3 rings (SSSR count). The van der Waals surface area contributed by atoms with Gasteiger partial charge in [-0.15, -0.1) is 0 Å². The molecule has 0 atom stereocenters. The number of imide groups is 2. The molecule has 2 aromatic rings. The van der Waals surface area contributed by atoms with Crippen molar-refractivity contribution in [3.8, 4) is 5.75 Å². The van der Waals surface area contributed by atoms with Crippen LogP contribution in [0.25, 0.3) is 6.08 Å². The summed E-state index contributed by atoms with van der Waals surface area (Å²) in [5.74, 6) is -0.875. The van der Waals surface area contributed by atoms with Crippen molar-refractivity contribution in [3.05, 3.63) is 63.1 Å². The maximum absolute atomic E-state index is 12.8. The van der Waals surface area contributed by atoms with E-state index in [1.807, 2.05) is 0 Å². The normalized spacial score (nSPS) is 16.0. The fourth-order valence-electron chi connectivity index (χ4n) is 2.45. The number of nitrogens with zero attached hydrogens (tertiary/aromatic N) is 1. The van der Waals surface area contributed by atoms with Crippen LogP contribution in [0.2, 0.25) is 5.02 Å². The number of urea groups is 1. The number of methoxy groups -OCH3 is 1. The van der Waals surface area contributed by atoms with Gasteiger partial charge >= 0.3 is 6.03 Å². The van der Waals surface area contributed by atoms with Crippen molar-refractivity contribution in [2.24, 2.45) is 0 Å². The van der Waals surface area contributed by atoms with E-state index in [0.29, 0.717) is 20.8 Å². The fourth-order valence-corrected chi connectivity index (χ4v) is 3.19. The van der Waals surface area contributed by atoms with Crippen LogP contribution in [0.1, 0.15) is 5.56 Å². The Bertz CT molecular complexity index is 958. The summed E-state index contributed by atoms with van der Waals surface area (Å²) in [6.45, 7) is 0. The van der Waals surface area contributed by atoms with E-state index in [4.69, 9.17) is 16.3 Å². The van der Waals surface area contributed by atoms with Gasteiger partial charge in [0, 0.05) is 5.02 Å². The van der Waals surface area contributed by atoms with Gasteiger partial charge in [0.15, 0.2) is 0 Å². The summed E-state index contributed by atoms with van der Waals surface area (Å²) in [5.41, 5.74) is 0.701. The van der Waals surface area contributed by atoms with E-state index < -0.39 is 17.8 Å². The lowest BCUT2D eigenvalue weighted by atomic mass is 10.1. The first-order chi connectivity index (χ1) is 12.4. The van der Waals surface area contributed by atoms with Gasteiger partial charge in [0.2, 0.25) is 0 Å². The topological polar surface area (TPSA) is 75.7 Å². The molecular weight excluding hydrogens is 424 g/mol. The van der Waals surface area contributed by atoms with Crippen LogP contribution in [0.5, 0.6) is 5.75 Å². The van der Waals surface area contributed by atoms with Crippen molar-refractivity contribution in [1.29, 1.82) is 0 Å². The van der Waals surface area contributed by atoms with Crippen molar-refractivity contribution in [3.63, 3.8) is 0 Å². The van der Waals surface area contributed by atoms with Crippen molar-refractivity contribution in [1.82, 2.24) is 5.32 Å². The molecule has 2 aromatic carbocycles. The summed E-state index contributed by atoms with van der Waals surface area (Å²) in [5, 5.41) is 2.53. The molecule has 26 heavy (non-hydrogen) atoms. The number of carbonyl (C=O) groups is 3. The first kappa shape index (κ1) is 18.2. The number of anilines is 1. The maximum atomic E-state index is 12.8. The van der Waals surface area contributed by atoms with E-state index in [1.165, 1.54) is 19.3 Å². The van der Waals surface area contributed by atoms with Gasteiger partial charge in [-0.3, -0.25) is 14.9 Å². The van der Waals surface area contributed by atoms with E-state index in [9.17, 15) is 14.4 Å². The summed E-state index contributed by atoms with van der Waals surface area (Å²) in [4.78, 5) is 37.9. The highest BCUT2D eigenvalue weighted by Gasteiger charge is 2.36. The molecule has 132 valence electrons. The minimum absolute atomic E-state index is 0.165. The van der Waals surface area contributed by atoms with Crippen LogP contribution >= 0.6 is 27.5 Å². The molecule has 1 fully saturated rings. The molecule has 8 heteroatoms. The van der Waals surface area contributed by atoms with E-state index in [-0.39, 0.29) is 11.3 Å². The van der Waals surface area contributed by atoms with Crippen LogP contribution < -0.4 is 15.0 Å². The Morgan fingerprint density at radius 1 is 1.15 bits per heavy atom. The molecular formula is C18H12BrClN2O4. The second kappa shape index (κ2) is 7.31. The third-order valence-electron chi connectivity index (χ3n) is 3.65. The highest BCUT2D eigenvalue weighted by Crippen LogP contribution is 2.28. The Hall–Kier alpha value is -2.64. The van der Waals surface area contributed by atoms with Crippen LogP contribution in [0.15, 0.2) is 52.5 Å². The number of halogens is 2. The number of carbonyl (C=O) groups excluding carboxylic acids is 3. The lowest BCUT2D eigenvalue weighted by molar-refractivity contribution is -0.122. The number of barbiturate groups is 1. The zero-order valence-corrected chi connectivity index (χ0v) is 15.8. The Labute approximate surface area is 162 Å². The number of rotatable bonds is 3. The van der Waals surface area contributed by atoms with Gasteiger partial charge in [-0.25, -0.2) is 9.69 Å². The highest BCUT2D eigenvalue weighted by molar-refractivity contribution is 9.10.